The van der Waals surface area contributed by atoms with E-state index in [1.54, 1.807) is 18.2 Å². The SMILES string of the molecule is CC(C)CC(=O)N(NC(=O)CN1CCCC1)[C@@H](Cc1ccccc1)[C@H](O)CN(CC(C)C)S(=O)(=O)c1ccc2ccccc2c1. The fourth-order valence-corrected chi connectivity index (χ4v) is 7.49. The molecule has 3 aromatic carbocycles. The summed E-state index contributed by atoms with van der Waals surface area (Å²) in [5.41, 5.74) is 3.68. The number of hydrazine groups is 1. The van der Waals surface area contributed by atoms with E-state index in [2.05, 4.69) is 5.43 Å². The molecular weight excluding hydrogens is 588 g/mol. The maximum atomic E-state index is 14.1. The molecule has 2 atom stereocenters. The van der Waals surface area contributed by atoms with Crippen molar-refractivity contribution < 1.29 is 23.1 Å². The molecule has 1 aliphatic rings. The van der Waals surface area contributed by atoms with E-state index in [0.717, 1.165) is 42.3 Å². The Bertz CT molecular complexity index is 1520. The maximum absolute atomic E-state index is 14.1. The molecular formula is C35H48N4O5S. The number of hydrogen-bond acceptors (Lipinski definition) is 6. The number of aliphatic hydroxyl groups excluding tert-OH is 1. The first-order valence-corrected chi connectivity index (χ1v) is 17.4. The van der Waals surface area contributed by atoms with Crippen molar-refractivity contribution in [3.05, 3.63) is 78.4 Å². The summed E-state index contributed by atoms with van der Waals surface area (Å²) in [5, 5.41) is 14.9. The van der Waals surface area contributed by atoms with Crippen molar-refractivity contribution in [3.63, 3.8) is 0 Å². The molecule has 244 valence electrons. The number of rotatable bonds is 14. The first-order valence-electron chi connectivity index (χ1n) is 16.0. The molecule has 1 heterocycles. The zero-order valence-corrected chi connectivity index (χ0v) is 27.7. The first-order chi connectivity index (χ1) is 21.4. The Hall–Kier alpha value is -3.31. The van der Waals surface area contributed by atoms with Gasteiger partial charge in [-0.1, -0.05) is 88.4 Å². The van der Waals surface area contributed by atoms with Gasteiger partial charge in [0.1, 0.15) is 0 Å². The number of likely N-dealkylation sites (tertiary alicyclic amines) is 1. The number of nitrogens with zero attached hydrogens (tertiary/aromatic N) is 3. The summed E-state index contributed by atoms with van der Waals surface area (Å²) in [6.45, 7) is 9.40. The lowest BCUT2D eigenvalue weighted by Crippen LogP contribution is -2.60. The largest absolute Gasteiger partial charge is 0.390 e. The van der Waals surface area contributed by atoms with Crippen molar-refractivity contribution in [3.8, 4) is 0 Å². The molecule has 45 heavy (non-hydrogen) atoms. The standard InChI is InChI=1S/C35H48N4O5S/c1-26(2)20-35(42)39(36-34(41)25-37-18-10-11-19-37)32(21-28-12-6-5-7-13-28)33(40)24-38(23-27(3)4)45(43,44)31-17-16-29-14-8-9-15-30(29)22-31/h5-9,12-17,22,26-27,32-33,40H,10-11,18-21,23-25H2,1-4H3,(H,36,41)/t32-,33+/m0/s1. The van der Waals surface area contributed by atoms with Gasteiger partial charge in [-0.25, -0.2) is 13.4 Å². The zero-order chi connectivity index (χ0) is 32.6. The predicted molar refractivity (Wildman–Crippen MR) is 178 cm³/mol. The zero-order valence-electron chi connectivity index (χ0n) is 26.9. The van der Waals surface area contributed by atoms with Crippen LogP contribution in [0.5, 0.6) is 0 Å². The van der Waals surface area contributed by atoms with Gasteiger partial charge in [-0.3, -0.25) is 19.9 Å². The second-order valence-corrected chi connectivity index (χ2v) is 14.9. The molecule has 0 aliphatic carbocycles. The predicted octanol–water partition coefficient (Wildman–Crippen LogP) is 4.46. The third-order valence-corrected chi connectivity index (χ3v) is 9.87. The molecule has 0 unspecified atom stereocenters. The molecule has 9 nitrogen and oxygen atoms in total. The monoisotopic (exact) mass is 636 g/mol. The summed E-state index contributed by atoms with van der Waals surface area (Å²) < 4.78 is 29.5. The second-order valence-electron chi connectivity index (χ2n) is 12.9. The molecule has 2 N–H and O–H groups in total. The van der Waals surface area contributed by atoms with Gasteiger partial charge in [0.05, 0.1) is 23.6 Å². The Morgan fingerprint density at radius 1 is 0.867 bits per heavy atom. The Balaban J connectivity index is 1.68. The van der Waals surface area contributed by atoms with E-state index >= 15 is 0 Å². The summed E-state index contributed by atoms with van der Waals surface area (Å²) in [7, 11) is -4.02. The average Bonchev–Trinajstić information content (AvgIpc) is 3.51. The van der Waals surface area contributed by atoms with Crippen molar-refractivity contribution >= 4 is 32.6 Å². The van der Waals surface area contributed by atoms with E-state index < -0.39 is 22.2 Å². The normalized spacial score (nSPS) is 15.6. The van der Waals surface area contributed by atoms with Crippen molar-refractivity contribution in [2.75, 3.05) is 32.7 Å². The minimum absolute atomic E-state index is 0.00993. The van der Waals surface area contributed by atoms with Gasteiger partial charge >= 0.3 is 0 Å². The molecule has 10 heteroatoms. The fraction of sp³-hybridized carbons (Fsp3) is 0.486. The summed E-state index contributed by atoms with van der Waals surface area (Å²) in [6.07, 6.45) is 1.13. The highest BCUT2D eigenvalue weighted by Gasteiger charge is 2.36. The molecule has 1 aliphatic heterocycles. The Morgan fingerprint density at radius 2 is 1.51 bits per heavy atom. The minimum atomic E-state index is -4.02. The van der Waals surface area contributed by atoms with Crippen LogP contribution >= 0.6 is 0 Å². The molecule has 1 fully saturated rings. The highest BCUT2D eigenvalue weighted by atomic mass is 32.2. The van der Waals surface area contributed by atoms with Crippen LogP contribution in [0.2, 0.25) is 0 Å². The number of benzene rings is 3. The number of sulfonamides is 1. The van der Waals surface area contributed by atoms with Crippen molar-refractivity contribution in [1.29, 1.82) is 0 Å². The second kappa shape index (κ2) is 15.8. The van der Waals surface area contributed by atoms with E-state index in [9.17, 15) is 23.1 Å². The Labute approximate surface area is 268 Å². The van der Waals surface area contributed by atoms with Crippen LogP contribution < -0.4 is 5.43 Å². The van der Waals surface area contributed by atoms with E-state index in [4.69, 9.17) is 0 Å². The molecule has 1 saturated heterocycles. The van der Waals surface area contributed by atoms with Gasteiger partial charge in [0.25, 0.3) is 5.91 Å². The lowest BCUT2D eigenvalue weighted by Gasteiger charge is -2.37. The lowest BCUT2D eigenvalue weighted by atomic mass is 9.99. The fourth-order valence-electron chi connectivity index (χ4n) is 5.83. The number of aliphatic hydroxyl groups is 1. The van der Waals surface area contributed by atoms with Crippen LogP contribution in [-0.4, -0.2) is 84.4 Å². The quantitative estimate of drug-likeness (QED) is 0.253. The van der Waals surface area contributed by atoms with Crippen LogP contribution in [-0.2, 0) is 26.0 Å². The number of amides is 2. The van der Waals surface area contributed by atoms with Gasteiger partial charge in [-0.2, -0.15) is 4.31 Å². The van der Waals surface area contributed by atoms with Crippen LogP contribution in [0.4, 0.5) is 0 Å². The molecule has 0 saturated carbocycles. The summed E-state index contributed by atoms with van der Waals surface area (Å²) in [5.74, 6) is -0.677. The Morgan fingerprint density at radius 3 is 2.16 bits per heavy atom. The van der Waals surface area contributed by atoms with Gasteiger partial charge in [-0.15, -0.1) is 0 Å². The molecule has 0 spiro atoms. The van der Waals surface area contributed by atoms with Gasteiger partial charge in [0.15, 0.2) is 0 Å². The van der Waals surface area contributed by atoms with Crippen molar-refractivity contribution in [2.45, 2.75) is 70.4 Å². The summed E-state index contributed by atoms with van der Waals surface area (Å²) >= 11 is 0. The molecule has 0 aromatic heterocycles. The maximum Gasteiger partial charge on any atom is 0.252 e. The number of nitrogens with one attached hydrogen (secondary N) is 1. The number of carbonyl (C=O) groups excluding carboxylic acids is 2. The third kappa shape index (κ3) is 9.59. The van der Waals surface area contributed by atoms with Crippen LogP contribution in [0.15, 0.2) is 77.7 Å². The van der Waals surface area contributed by atoms with Gasteiger partial charge < -0.3 is 5.11 Å². The topological polar surface area (TPSA) is 110 Å². The van der Waals surface area contributed by atoms with Crippen molar-refractivity contribution in [2.24, 2.45) is 11.8 Å². The Kier molecular flexibility index (Phi) is 12.1. The van der Waals surface area contributed by atoms with Crippen LogP contribution in [0.1, 0.15) is 52.5 Å². The van der Waals surface area contributed by atoms with Gasteiger partial charge in [0, 0.05) is 19.5 Å². The molecule has 3 aromatic rings. The van der Waals surface area contributed by atoms with Crippen LogP contribution in [0.25, 0.3) is 10.8 Å². The van der Waals surface area contributed by atoms with Crippen LogP contribution in [0.3, 0.4) is 0 Å². The third-order valence-electron chi connectivity index (χ3n) is 8.04. The van der Waals surface area contributed by atoms with E-state index in [-0.39, 0.29) is 61.0 Å². The molecule has 4 rings (SSSR count). The summed E-state index contributed by atoms with van der Waals surface area (Å²) in [6, 6.07) is 21.1. The molecule has 2 amide bonds. The molecule has 0 bridgehead atoms. The highest BCUT2D eigenvalue weighted by molar-refractivity contribution is 7.89. The van der Waals surface area contributed by atoms with E-state index in [1.165, 1.54) is 9.31 Å². The van der Waals surface area contributed by atoms with Gasteiger partial charge in [0.2, 0.25) is 15.9 Å². The minimum Gasteiger partial charge on any atom is -0.390 e. The smallest absolute Gasteiger partial charge is 0.252 e. The van der Waals surface area contributed by atoms with Crippen molar-refractivity contribution in [1.82, 2.24) is 19.6 Å². The first kappa shape index (κ1) is 34.6. The van der Waals surface area contributed by atoms with Gasteiger partial charge in [-0.05, 0) is 72.7 Å². The van der Waals surface area contributed by atoms with E-state index in [1.807, 2.05) is 87.2 Å². The lowest BCUT2D eigenvalue weighted by molar-refractivity contribution is -0.148. The highest BCUT2D eigenvalue weighted by Crippen LogP contribution is 2.24. The number of fused-ring (bicyclic) bond motifs is 1. The number of hydrogen-bond donors (Lipinski definition) is 2. The number of carbonyl (C=O) groups is 2. The van der Waals surface area contributed by atoms with Crippen LogP contribution in [0, 0.1) is 11.8 Å². The van der Waals surface area contributed by atoms with E-state index in [0.29, 0.717) is 0 Å². The summed E-state index contributed by atoms with van der Waals surface area (Å²) in [4.78, 5) is 29.2. The average molecular weight is 637 g/mol. The molecule has 0 radical (unpaired) electrons.